The summed E-state index contributed by atoms with van der Waals surface area (Å²) < 4.78 is 38.0. The Labute approximate surface area is 278 Å². The van der Waals surface area contributed by atoms with E-state index >= 15 is 0 Å². The van der Waals surface area contributed by atoms with Crippen LogP contribution in [0.5, 0.6) is 11.5 Å². The summed E-state index contributed by atoms with van der Waals surface area (Å²) in [6.07, 6.45) is 0.629. The average molecular weight is 654 g/mol. The molecule has 1 fully saturated rings. The predicted octanol–water partition coefficient (Wildman–Crippen LogP) is 7.39. The number of amides is 1. The van der Waals surface area contributed by atoms with Crippen molar-refractivity contribution < 1.29 is 32.7 Å². The van der Waals surface area contributed by atoms with Gasteiger partial charge in [0, 0.05) is 0 Å². The van der Waals surface area contributed by atoms with Crippen LogP contribution in [-0.2, 0) is 24.9 Å². The molecule has 2 aromatic carbocycles. The monoisotopic (exact) mass is 653 g/mol. The maximum absolute atomic E-state index is 13.7. The zero-order chi connectivity index (χ0) is 34.1. The first-order chi connectivity index (χ1) is 21.2. The Morgan fingerprint density at radius 3 is 2.22 bits per heavy atom. The SMILES string of the molecule is CC(C)(C)OC(=O)N(CC(COc1ccccc1)O[Si](C)(C)C(C)(C)C)C[C@@H]1CCc2cc(B3OC(C)(C)C(C)(C)O3)ccc2O1. The maximum Gasteiger partial charge on any atom is 0.494 e. The lowest BCUT2D eigenvalue weighted by atomic mass is 9.77. The smallest absolute Gasteiger partial charge is 0.491 e. The van der Waals surface area contributed by atoms with Crippen molar-refractivity contribution in [3.05, 3.63) is 54.1 Å². The first-order valence-corrected chi connectivity index (χ1v) is 19.6. The fourth-order valence-electron chi connectivity index (χ4n) is 5.18. The van der Waals surface area contributed by atoms with Gasteiger partial charge >= 0.3 is 13.2 Å². The van der Waals surface area contributed by atoms with Crippen LogP contribution in [0.2, 0.25) is 18.1 Å². The zero-order valence-electron chi connectivity index (χ0n) is 30.2. The van der Waals surface area contributed by atoms with Crippen LogP contribution in [0.3, 0.4) is 0 Å². The van der Waals surface area contributed by atoms with Gasteiger partial charge in [-0.15, -0.1) is 0 Å². The second-order valence-electron chi connectivity index (χ2n) is 16.2. The number of aryl methyl sites for hydroxylation is 1. The van der Waals surface area contributed by atoms with Crippen LogP contribution < -0.4 is 14.9 Å². The Balaban J connectivity index is 1.52. The Morgan fingerprint density at radius 1 is 1.00 bits per heavy atom. The summed E-state index contributed by atoms with van der Waals surface area (Å²) in [5, 5.41) is -0.0100. The topological polar surface area (TPSA) is 75.7 Å². The van der Waals surface area contributed by atoms with E-state index in [-0.39, 0.29) is 23.3 Å². The van der Waals surface area contributed by atoms with Gasteiger partial charge in [0.25, 0.3) is 0 Å². The number of rotatable bonds is 10. The van der Waals surface area contributed by atoms with Gasteiger partial charge in [0.05, 0.1) is 30.4 Å². The summed E-state index contributed by atoms with van der Waals surface area (Å²) in [5.74, 6) is 1.59. The quantitative estimate of drug-likeness (QED) is 0.248. The minimum Gasteiger partial charge on any atom is -0.491 e. The Morgan fingerprint density at radius 2 is 1.63 bits per heavy atom. The predicted molar refractivity (Wildman–Crippen MR) is 187 cm³/mol. The van der Waals surface area contributed by atoms with Crippen molar-refractivity contribution in [3.63, 3.8) is 0 Å². The molecule has 0 aromatic heterocycles. The van der Waals surface area contributed by atoms with Gasteiger partial charge < -0.3 is 32.8 Å². The molecule has 4 rings (SSSR count). The standard InChI is InChI=1S/C36H56BNO7Si/c1-33(2,3)42-32(39)38(24-30(43-46(11,12)34(4,5)6)25-40-28-16-14-13-15-17-28)23-29-20-18-26-22-27(19-21-31(26)41-29)37-44-35(7,8)36(9,10)45-37/h13-17,19,21-22,29-30H,18,20,23-25H2,1-12H3/t29-,30?/m0/s1. The van der Waals surface area contributed by atoms with Crippen molar-refractivity contribution in [1.29, 1.82) is 0 Å². The van der Waals surface area contributed by atoms with Crippen molar-refractivity contribution in [1.82, 2.24) is 4.90 Å². The zero-order valence-corrected chi connectivity index (χ0v) is 31.2. The molecule has 1 amide bonds. The third-order valence-electron chi connectivity index (χ3n) is 9.59. The Hall–Kier alpha value is -2.53. The first kappa shape index (κ1) is 36.3. The molecule has 2 aliphatic heterocycles. The molecule has 1 unspecified atom stereocenters. The molecule has 0 aliphatic carbocycles. The number of ether oxygens (including phenoxy) is 3. The Bertz CT molecular complexity index is 1320. The molecule has 2 heterocycles. The summed E-state index contributed by atoms with van der Waals surface area (Å²) in [4.78, 5) is 15.4. The van der Waals surface area contributed by atoms with Crippen LogP contribution in [-0.4, -0.2) is 75.1 Å². The molecular formula is C36H56BNO7Si. The van der Waals surface area contributed by atoms with Gasteiger partial charge in [-0.3, -0.25) is 0 Å². The number of para-hydroxylation sites is 1. The Kier molecular flexibility index (Phi) is 10.7. The molecule has 0 radical (unpaired) electrons. The van der Waals surface area contributed by atoms with Gasteiger partial charge in [0.15, 0.2) is 8.32 Å². The molecule has 0 N–H and O–H groups in total. The molecule has 10 heteroatoms. The number of fused-ring (bicyclic) bond motifs is 1. The molecule has 0 saturated carbocycles. The number of benzene rings is 2. The van der Waals surface area contributed by atoms with Crippen LogP contribution in [0.25, 0.3) is 0 Å². The van der Waals surface area contributed by atoms with E-state index in [2.05, 4.69) is 67.6 Å². The van der Waals surface area contributed by atoms with Crippen molar-refractivity contribution in [2.75, 3.05) is 19.7 Å². The van der Waals surface area contributed by atoms with E-state index < -0.39 is 32.2 Å². The number of hydrogen-bond donors (Lipinski definition) is 0. The molecule has 2 aliphatic rings. The molecule has 46 heavy (non-hydrogen) atoms. The highest BCUT2D eigenvalue weighted by Crippen LogP contribution is 2.38. The summed E-state index contributed by atoms with van der Waals surface area (Å²) in [5.41, 5.74) is 0.647. The van der Waals surface area contributed by atoms with Gasteiger partial charge in [0.2, 0.25) is 0 Å². The fourth-order valence-corrected chi connectivity index (χ4v) is 6.51. The third-order valence-corrected chi connectivity index (χ3v) is 14.1. The van der Waals surface area contributed by atoms with Crippen LogP contribution in [0, 0.1) is 0 Å². The molecular weight excluding hydrogens is 597 g/mol. The van der Waals surface area contributed by atoms with E-state index in [1.807, 2.05) is 63.2 Å². The van der Waals surface area contributed by atoms with Gasteiger partial charge in [0.1, 0.15) is 29.8 Å². The number of carbonyl (C=O) groups excluding carboxylic acids is 1. The lowest BCUT2D eigenvalue weighted by Crippen LogP contribution is -2.52. The molecule has 2 atom stereocenters. The highest BCUT2D eigenvalue weighted by Gasteiger charge is 2.52. The minimum atomic E-state index is -2.20. The lowest BCUT2D eigenvalue weighted by molar-refractivity contribution is 0.000516. The normalized spacial score (nSPS) is 20.0. The van der Waals surface area contributed by atoms with E-state index in [4.69, 9.17) is 27.9 Å². The number of hydrogen-bond acceptors (Lipinski definition) is 7. The summed E-state index contributed by atoms with van der Waals surface area (Å²) in [6.45, 7) is 26.0. The second kappa shape index (κ2) is 13.5. The van der Waals surface area contributed by atoms with Crippen LogP contribution in [0.15, 0.2) is 48.5 Å². The molecule has 254 valence electrons. The highest BCUT2D eigenvalue weighted by atomic mass is 28.4. The van der Waals surface area contributed by atoms with E-state index in [1.165, 1.54) is 0 Å². The average Bonchev–Trinajstić information content (AvgIpc) is 3.16. The number of nitrogens with zero attached hydrogens (tertiary/aromatic N) is 1. The third kappa shape index (κ3) is 9.08. The summed E-state index contributed by atoms with van der Waals surface area (Å²) in [7, 11) is -2.62. The lowest BCUT2D eigenvalue weighted by Gasteiger charge is -2.41. The highest BCUT2D eigenvalue weighted by molar-refractivity contribution is 6.74. The summed E-state index contributed by atoms with van der Waals surface area (Å²) >= 11 is 0. The molecule has 8 nitrogen and oxygen atoms in total. The fraction of sp³-hybridized carbons (Fsp3) is 0.639. The maximum atomic E-state index is 13.7. The van der Waals surface area contributed by atoms with E-state index in [9.17, 15) is 4.79 Å². The van der Waals surface area contributed by atoms with Crippen molar-refractivity contribution in [3.8, 4) is 11.5 Å². The van der Waals surface area contributed by atoms with Gasteiger partial charge in [-0.1, -0.05) is 51.1 Å². The largest absolute Gasteiger partial charge is 0.494 e. The van der Waals surface area contributed by atoms with Crippen LogP contribution in [0.1, 0.15) is 81.2 Å². The minimum absolute atomic E-state index is 0.0100. The van der Waals surface area contributed by atoms with Crippen molar-refractivity contribution in [2.24, 2.45) is 0 Å². The molecule has 1 saturated heterocycles. The van der Waals surface area contributed by atoms with Crippen LogP contribution >= 0.6 is 0 Å². The first-order valence-electron chi connectivity index (χ1n) is 16.6. The molecule has 0 spiro atoms. The van der Waals surface area contributed by atoms with Crippen LogP contribution in [0.4, 0.5) is 4.79 Å². The second-order valence-corrected chi connectivity index (χ2v) is 21.0. The van der Waals surface area contributed by atoms with Crippen molar-refractivity contribution >= 4 is 27.0 Å². The molecule has 0 bridgehead atoms. The van der Waals surface area contributed by atoms with E-state index in [0.717, 1.165) is 35.4 Å². The van der Waals surface area contributed by atoms with Crippen molar-refractivity contribution in [2.45, 2.75) is 129 Å². The van der Waals surface area contributed by atoms with Gasteiger partial charge in [-0.2, -0.15) is 0 Å². The van der Waals surface area contributed by atoms with Gasteiger partial charge in [-0.25, -0.2) is 4.79 Å². The molecule has 2 aromatic rings. The van der Waals surface area contributed by atoms with E-state index in [1.54, 1.807) is 4.90 Å². The number of carbonyl (C=O) groups is 1. The van der Waals surface area contributed by atoms with E-state index in [0.29, 0.717) is 19.7 Å². The summed E-state index contributed by atoms with van der Waals surface area (Å²) in [6, 6.07) is 15.9. The van der Waals surface area contributed by atoms with Gasteiger partial charge in [-0.05, 0) is 109 Å².